The van der Waals surface area contributed by atoms with Gasteiger partial charge in [-0.05, 0) is 0 Å². The van der Waals surface area contributed by atoms with Crippen molar-refractivity contribution in [2.45, 2.75) is 0 Å². The van der Waals surface area contributed by atoms with Crippen LogP contribution in [0.2, 0.25) is 0 Å². The van der Waals surface area contributed by atoms with Crippen molar-refractivity contribution in [3.8, 4) is 0 Å². The minimum Gasteiger partial charge on any atom is -0.388 e. The maximum Gasteiger partial charge on any atom is 0 e. The summed E-state index contributed by atoms with van der Waals surface area (Å²) in [7, 11) is 0. The first-order valence-corrected chi connectivity index (χ1v) is 1.29. The molecular weight excluding hydrogens is 342 g/mol. The van der Waals surface area contributed by atoms with Crippen molar-refractivity contribution in [1.82, 2.24) is 20.4 Å². The predicted molar refractivity (Wildman–Crippen MR) is 15.3 cm³/mol. The van der Waals surface area contributed by atoms with Crippen molar-refractivity contribution in [2.75, 3.05) is 0 Å². The average molecular weight is 342 g/mol. The maximum absolute atomic E-state index is 3.18. The van der Waals surface area contributed by atoms with Crippen molar-refractivity contribution in [3.63, 3.8) is 0 Å². The van der Waals surface area contributed by atoms with Crippen LogP contribution < -0.4 is 0 Å². The van der Waals surface area contributed by atoms with Crippen LogP contribution in [0.1, 0.15) is 0 Å². The fourth-order valence-corrected chi connectivity index (χ4v) is 0.129. The molecule has 0 bridgehead atoms. The molecule has 0 spiro atoms. The second kappa shape index (κ2) is 8.56. The van der Waals surface area contributed by atoms with Crippen LogP contribution in [0.5, 0.6) is 0 Å². The van der Waals surface area contributed by atoms with E-state index in [-0.39, 0.29) is 79.6 Å². The van der Waals surface area contributed by atoms with E-state index in [1.807, 2.05) is 0 Å². The second-order valence-electron chi connectivity index (χ2n) is 0.600. The van der Waals surface area contributed by atoms with Crippen LogP contribution in [0.25, 0.3) is 0 Å². The van der Waals surface area contributed by atoms with Crippen molar-refractivity contribution in [2.24, 2.45) is 0 Å². The summed E-state index contributed by atoms with van der Waals surface area (Å²) in [5, 5.41) is 12.7. The van der Waals surface area contributed by atoms with Crippen LogP contribution in [0, 0.1) is 59.6 Å². The Hall–Kier alpha value is 1.56. The number of hydrogen-bond acceptors (Lipinski definition) is 4. The Labute approximate surface area is 110 Å². The molecule has 4 nitrogen and oxygen atoms in total. The van der Waals surface area contributed by atoms with Gasteiger partial charge in [0.05, 0.1) is 0 Å². The van der Waals surface area contributed by atoms with Crippen LogP contribution in [0.3, 0.4) is 0 Å². The van der Waals surface area contributed by atoms with Gasteiger partial charge in [-0.3, -0.25) is 0 Å². The van der Waals surface area contributed by atoms with Gasteiger partial charge in [0.2, 0.25) is 0 Å². The third-order valence-corrected chi connectivity index (χ3v) is 0.279. The normalized spacial score (nSPS) is 6.00. The van der Waals surface area contributed by atoms with E-state index >= 15 is 0 Å². The first-order valence-electron chi connectivity index (χ1n) is 1.29. The van der Waals surface area contributed by atoms with Gasteiger partial charge < -0.3 is 20.4 Å². The van der Waals surface area contributed by atoms with E-state index in [1.165, 1.54) is 0 Å². The molecule has 1 aromatic rings. The predicted octanol–water partition coefficient (Wildman–Crippen LogP) is -1.14. The molecule has 0 amide bonds. The van der Waals surface area contributed by atoms with Gasteiger partial charge in [-0.25, -0.2) is 12.7 Å². The van der Waals surface area contributed by atoms with E-state index in [2.05, 4.69) is 33.0 Å². The third-order valence-electron chi connectivity index (χ3n) is 0.279. The summed E-state index contributed by atoms with van der Waals surface area (Å²) in [5.41, 5.74) is 0. The molecule has 0 fully saturated rings. The topological polar surface area (TPSA) is 51.6 Å². The smallest absolute Gasteiger partial charge is 0 e. The maximum atomic E-state index is 3.18. The van der Waals surface area contributed by atoms with Crippen LogP contribution in [0.15, 0.2) is 0 Å². The summed E-state index contributed by atoms with van der Waals surface area (Å²) in [6.07, 6.45) is 4.28. The van der Waals surface area contributed by atoms with E-state index in [4.69, 9.17) is 0 Å². The molecule has 1 heterocycles. The standard InChI is InChI=1S/C2N4.Y.Yb/c1-3-5-2-6-4-1;;/q-2;;. The molecule has 0 atom stereocenters. The van der Waals surface area contributed by atoms with Crippen molar-refractivity contribution in [3.05, 3.63) is 12.7 Å². The summed E-state index contributed by atoms with van der Waals surface area (Å²) >= 11 is 0. The Kier molecular flexibility index (Phi) is 13.1. The minimum absolute atomic E-state index is 0. The third kappa shape index (κ3) is 5.70. The van der Waals surface area contributed by atoms with Gasteiger partial charge in [-0.15, -0.1) is 0 Å². The van der Waals surface area contributed by atoms with Gasteiger partial charge in [-0.2, -0.15) is 0 Å². The fourth-order valence-electron chi connectivity index (χ4n) is 0.129. The monoisotopic (exact) mass is 343 g/mol. The number of rotatable bonds is 0. The Morgan fingerprint density at radius 1 is 0.750 bits per heavy atom. The van der Waals surface area contributed by atoms with Crippen LogP contribution in [0.4, 0.5) is 0 Å². The molecule has 0 aromatic carbocycles. The molecule has 0 unspecified atom stereocenters. The van der Waals surface area contributed by atoms with E-state index in [9.17, 15) is 0 Å². The Morgan fingerprint density at radius 2 is 1.00 bits per heavy atom. The van der Waals surface area contributed by atoms with Gasteiger partial charge in [0.15, 0.2) is 0 Å². The van der Waals surface area contributed by atoms with E-state index < -0.39 is 0 Å². The van der Waals surface area contributed by atoms with E-state index in [0.717, 1.165) is 0 Å². The Bertz CT molecular complexity index is 86.0. The zero-order chi connectivity index (χ0) is 4.24. The zero-order valence-electron chi connectivity index (χ0n) is 3.63. The van der Waals surface area contributed by atoms with Crippen LogP contribution in [-0.2, 0) is 32.7 Å². The van der Waals surface area contributed by atoms with Crippen molar-refractivity contribution < 1.29 is 79.6 Å². The summed E-state index contributed by atoms with van der Waals surface area (Å²) in [4.78, 5) is 0. The second-order valence-corrected chi connectivity index (χ2v) is 0.600. The molecule has 6 heteroatoms. The summed E-state index contributed by atoms with van der Waals surface area (Å²) in [6, 6.07) is 0. The quantitative estimate of drug-likeness (QED) is 0.560. The van der Waals surface area contributed by atoms with Gasteiger partial charge in [0.25, 0.3) is 0 Å². The molecule has 47 valence electrons. The minimum atomic E-state index is 0. The SMILES string of the molecule is [Y].[Yb].[c-]1nn[c-]nn1. The molecule has 0 aliphatic rings. The average Bonchev–Trinajstić information content (AvgIpc) is 1.72. The number of nitrogens with zero attached hydrogens (tertiary/aromatic N) is 4. The molecule has 0 N–H and O–H groups in total. The first-order chi connectivity index (χ1) is 3.00. The van der Waals surface area contributed by atoms with Crippen molar-refractivity contribution >= 4 is 0 Å². The van der Waals surface area contributed by atoms with Gasteiger partial charge in [-0.1, -0.05) is 0 Å². The molecular formula is C2N4YYb-2. The molecule has 0 aliphatic carbocycles. The molecule has 0 saturated carbocycles. The van der Waals surface area contributed by atoms with Gasteiger partial charge in [0.1, 0.15) is 0 Å². The molecule has 1 aromatic heterocycles. The summed E-state index contributed by atoms with van der Waals surface area (Å²) < 4.78 is 0. The number of hydrogen-bond donors (Lipinski definition) is 0. The molecule has 1 radical (unpaired) electrons. The molecule has 0 aliphatic heterocycles. The largest absolute Gasteiger partial charge is 0.388 e. The summed E-state index contributed by atoms with van der Waals surface area (Å²) in [5.74, 6) is 0. The first kappa shape index (κ1) is 12.3. The fraction of sp³-hybridized carbons (Fsp3) is 0. The zero-order valence-corrected chi connectivity index (χ0v) is 8.19. The van der Waals surface area contributed by atoms with E-state index in [1.54, 1.807) is 0 Å². The molecule has 8 heavy (non-hydrogen) atoms. The van der Waals surface area contributed by atoms with E-state index in [0.29, 0.717) is 0 Å². The molecule has 1 rings (SSSR count). The van der Waals surface area contributed by atoms with Gasteiger partial charge in [0, 0.05) is 79.6 Å². The number of aromatic nitrogens is 4. The van der Waals surface area contributed by atoms with Crippen molar-refractivity contribution in [1.29, 1.82) is 0 Å². The van der Waals surface area contributed by atoms with Crippen LogP contribution >= 0.6 is 0 Å². The van der Waals surface area contributed by atoms with Crippen LogP contribution in [-0.4, -0.2) is 20.4 Å². The Morgan fingerprint density at radius 3 is 1.12 bits per heavy atom. The van der Waals surface area contributed by atoms with Gasteiger partial charge >= 0.3 is 0 Å². The molecule has 0 saturated heterocycles. The Balaban J connectivity index is 0. The summed E-state index contributed by atoms with van der Waals surface area (Å²) in [6.45, 7) is 0.